The third-order valence-electron chi connectivity index (χ3n) is 3.20. The third kappa shape index (κ3) is 2.93. The molecule has 0 aliphatic carbocycles. The Morgan fingerprint density at radius 3 is 2.89 bits per heavy atom. The molecule has 19 heavy (non-hydrogen) atoms. The number of rotatable bonds is 2. The molecule has 1 aliphatic rings. The molecule has 1 aliphatic heterocycles. The van der Waals surface area contributed by atoms with Gasteiger partial charge in [0, 0.05) is 6.54 Å². The molecule has 1 saturated heterocycles. The zero-order chi connectivity index (χ0) is 12.4. The lowest BCUT2D eigenvalue weighted by atomic mass is 10.00. The van der Waals surface area contributed by atoms with E-state index in [1.54, 1.807) is 18.2 Å². The van der Waals surface area contributed by atoms with Crippen LogP contribution in [-0.4, -0.2) is 23.2 Å². The summed E-state index contributed by atoms with van der Waals surface area (Å²) in [4.78, 5) is 4.31. The highest BCUT2D eigenvalue weighted by Gasteiger charge is 2.22. The zero-order valence-corrected chi connectivity index (χ0v) is 11.1. The Morgan fingerprint density at radius 1 is 1.32 bits per heavy atom. The van der Waals surface area contributed by atoms with Gasteiger partial charge in [0.25, 0.3) is 0 Å². The number of hydrogen-bond donors (Lipinski definition) is 1. The molecule has 4 nitrogen and oxygen atoms in total. The van der Waals surface area contributed by atoms with Crippen molar-refractivity contribution in [1.29, 1.82) is 0 Å². The van der Waals surface area contributed by atoms with Crippen molar-refractivity contribution < 1.29 is 8.91 Å². The Labute approximate surface area is 116 Å². The van der Waals surface area contributed by atoms with Crippen LogP contribution in [0.5, 0.6) is 0 Å². The summed E-state index contributed by atoms with van der Waals surface area (Å²) in [6.45, 7) is 1.88. The number of nitrogens with zero attached hydrogens (tertiary/aromatic N) is 2. The molecule has 2 heterocycles. The predicted molar refractivity (Wildman–Crippen MR) is 71.8 cm³/mol. The molecule has 6 heteroatoms. The highest BCUT2D eigenvalue weighted by atomic mass is 35.5. The van der Waals surface area contributed by atoms with Gasteiger partial charge >= 0.3 is 0 Å². The number of aromatic nitrogens is 2. The van der Waals surface area contributed by atoms with E-state index in [0.717, 1.165) is 25.9 Å². The van der Waals surface area contributed by atoms with Crippen LogP contribution in [0.1, 0.15) is 24.7 Å². The topological polar surface area (TPSA) is 51.0 Å². The van der Waals surface area contributed by atoms with Crippen molar-refractivity contribution >= 4 is 12.4 Å². The van der Waals surface area contributed by atoms with E-state index in [-0.39, 0.29) is 24.1 Å². The first kappa shape index (κ1) is 14.0. The molecule has 0 radical (unpaired) electrons. The predicted octanol–water partition coefficient (Wildman–Crippen LogP) is 2.76. The van der Waals surface area contributed by atoms with Gasteiger partial charge in [-0.2, -0.15) is 4.98 Å². The van der Waals surface area contributed by atoms with Gasteiger partial charge in [-0.1, -0.05) is 17.3 Å². The van der Waals surface area contributed by atoms with E-state index in [9.17, 15) is 4.39 Å². The Morgan fingerprint density at radius 2 is 2.16 bits per heavy atom. The summed E-state index contributed by atoms with van der Waals surface area (Å²) in [6.07, 6.45) is 2.13. The molecule has 2 aromatic rings. The molecule has 1 unspecified atom stereocenters. The highest BCUT2D eigenvalue weighted by molar-refractivity contribution is 5.85. The fraction of sp³-hybridized carbons (Fsp3) is 0.385. The smallest absolute Gasteiger partial charge is 0.231 e. The van der Waals surface area contributed by atoms with Crippen molar-refractivity contribution in [1.82, 2.24) is 15.5 Å². The average molecular weight is 284 g/mol. The molecule has 1 N–H and O–H groups in total. The van der Waals surface area contributed by atoms with Crippen LogP contribution < -0.4 is 5.32 Å². The van der Waals surface area contributed by atoms with Gasteiger partial charge in [-0.25, -0.2) is 4.39 Å². The summed E-state index contributed by atoms with van der Waals surface area (Å²) in [5.74, 6) is 0.840. The van der Waals surface area contributed by atoms with Gasteiger partial charge in [-0.15, -0.1) is 12.4 Å². The second-order valence-electron chi connectivity index (χ2n) is 4.48. The molecule has 1 aromatic carbocycles. The van der Waals surface area contributed by atoms with Crippen LogP contribution in [0, 0.1) is 5.82 Å². The summed E-state index contributed by atoms with van der Waals surface area (Å²) in [5, 5.41) is 7.16. The van der Waals surface area contributed by atoms with Crippen LogP contribution in [0.15, 0.2) is 28.8 Å². The molecule has 0 spiro atoms. The summed E-state index contributed by atoms with van der Waals surface area (Å²) in [7, 11) is 0. The van der Waals surface area contributed by atoms with Gasteiger partial charge in [-0.3, -0.25) is 0 Å². The van der Waals surface area contributed by atoms with Crippen molar-refractivity contribution in [2.24, 2.45) is 0 Å². The van der Waals surface area contributed by atoms with Gasteiger partial charge < -0.3 is 9.84 Å². The Hall–Kier alpha value is -1.46. The molecule has 3 rings (SSSR count). The van der Waals surface area contributed by atoms with Gasteiger partial charge in [0.15, 0.2) is 0 Å². The van der Waals surface area contributed by atoms with E-state index in [4.69, 9.17) is 4.52 Å². The first-order valence-corrected chi connectivity index (χ1v) is 6.14. The summed E-state index contributed by atoms with van der Waals surface area (Å²) < 4.78 is 18.8. The summed E-state index contributed by atoms with van der Waals surface area (Å²) >= 11 is 0. The van der Waals surface area contributed by atoms with Gasteiger partial charge in [0.2, 0.25) is 11.7 Å². The molecule has 0 saturated carbocycles. The van der Waals surface area contributed by atoms with E-state index >= 15 is 0 Å². The number of hydrogen-bond acceptors (Lipinski definition) is 4. The molecular weight excluding hydrogens is 269 g/mol. The minimum absolute atomic E-state index is 0. The van der Waals surface area contributed by atoms with Crippen LogP contribution in [0.2, 0.25) is 0 Å². The minimum Gasteiger partial charge on any atom is -0.339 e. The van der Waals surface area contributed by atoms with Gasteiger partial charge in [0.05, 0.1) is 11.5 Å². The maximum atomic E-state index is 13.6. The van der Waals surface area contributed by atoms with E-state index in [1.807, 2.05) is 0 Å². The number of halogens is 2. The van der Waals surface area contributed by atoms with E-state index in [1.165, 1.54) is 6.07 Å². The van der Waals surface area contributed by atoms with Crippen molar-refractivity contribution in [2.75, 3.05) is 13.1 Å². The Bertz CT molecular complexity index is 540. The van der Waals surface area contributed by atoms with Crippen LogP contribution in [0.4, 0.5) is 4.39 Å². The molecule has 1 aromatic heterocycles. The van der Waals surface area contributed by atoms with Crippen LogP contribution in [0.3, 0.4) is 0 Å². The SMILES string of the molecule is Cl.Fc1ccccc1-c1noc(C2CCCNC2)n1. The molecule has 1 fully saturated rings. The molecule has 0 bridgehead atoms. The zero-order valence-electron chi connectivity index (χ0n) is 10.3. The number of benzene rings is 1. The maximum Gasteiger partial charge on any atom is 0.231 e. The van der Waals surface area contributed by atoms with Crippen LogP contribution in [-0.2, 0) is 0 Å². The van der Waals surface area contributed by atoms with Crippen molar-refractivity contribution in [3.8, 4) is 11.4 Å². The first-order chi connectivity index (χ1) is 8.84. The lowest BCUT2D eigenvalue weighted by Crippen LogP contribution is -2.28. The lowest BCUT2D eigenvalue weighted by Gasteiger charge is -2.18. The molecule has 1 atom stereocenters. The van der Waals surface area contributed by atoms with Crippen LogP contribution >= 0.6 is 12.4 Å². The Kier molecular flexibility index (Phi) is 4.50. The first-order valence-electron chi connectivity index (χ1n) is 6.14. The van der Waals surface area contributed by atoms with E-state index in [0.29, 0.717) is 17.3 Å². The van der Waals surface area contributed by atoms with Gasteiger partial charge in [-0.05, 0) is 31.5 Å². The Balaban J connectivity index is 0.00000133. The third-order valence-corrected chi connectivity index (χ3v) is 3.20. The lowest BCUT2D eigenvalue weighted by molar-refractivity contribution is 0.322. The van der Waals surface area contributed by atoms with E-state index < -0.39 is 0 Å². The quantitative estimate of drug-likeness (QED) is 0.921. The normalized spacial score (nSPS) is 18.9. The van der Waals surface area contributed by atoms with Crippen LogP contribution in [0.25, 0.3) is 11.4 Å². The largest absolute Gasteiger partial charge is 0.339 e. The van der Waals surface area contributed by atoms with Crippen molar-refractivity contribution in [3.63, 3.8) is 0 Å². The second-order valence-corrected chi connectivity index (χ2v) is 4.48. The number of nitrogens with one attached hydrogen (secondary N) is 1. The minimum atomic E-state index is -0.327. The molecular formula is C13H15ClFN3O. The second kappa shape index (κ2) is 6.12. The fourth-order valence-corrected chi connectivity index (χ4v) is 2.22. The summed E-state index contributed by atoms with van der Waals surface area (Å²) in [6, 6.07) is 6.46. The molecule has 102 valence electrons. The molecule has 0 amide bonds. The highest BCUT2D eigenvalue weighted by Crippen LogP contribution is 2.25. The standard InChI is InChI=1S/C13H14FN3O.ClH/c14-11-6-2-1-5-10(11)12-16-13(18-17-12)9-4-3-7-15-8-9;/h1-2,5-6,9,15H,3-4,7-8H2;1H. The maximum absolute atomic E-state index is 13.6. The fourth-order valence-electron chi connectivity index (χ4n) is 2.22. The van der Waals surface area contributed by atoms with E-state index in [2.05, 4.69) is 15.5 Å². The van der Waals surface area contributed by atoms with Gasteiger partial charge in [0.1, 0.15) is 5.82 Å². The number of piperidine rings is 1. The van der Waals surface area contributed by atoms with Crippen molar-refractivity contribution in [2.45, 2.75) is 18.8 Å². The monoisotopic (exact) mass is 283 g/mol. The van der Waals surface area contributed by atoms with Crippen molar-refractivity contribution in [3.05, 3.63) is 36.0 Å². The summed E-state index contributed by atoms with van der Waals surface area (Å²) in [5.41, 5.74) is 0.385. The average Bonchev–Trinajstić information content (AvgIpc) is 2.90.